The van der Waals surface area contributed by atoms with Crippen molar-refractivity contribution in [3.05, 3.63) is 11.3 Å². The summed E-state index contributed by atoms with van der Waals surface area (Å²) in [6.45, 7) is 1.23. The first-order valence-electron chi connectivity index (χ1n) is 4.29. The van der Waals surface area contributed by atoms with Crippen LogP contribution in [0.1, 0.15) is 6.92 Å². The van der Waals surface area contributed by atoms with Crippen molar-refractivity contribution in [1.82, 2.24) is 9.97 Å². The van der Waals surface area contributed by atoms with Gasteiger partial charge in [-0.15, -0.1) is 0 Å². The lowest BCUT2D eigenvalue weighted by Crippen LogP contribution is -2.37. The van der Waals surface area contributed by atoms with Crippen molar-refractivity contribution in [2.75, 3.05) is 24.2 Å². The Morgan fingerprint density at radius 1 is 1.60 bits per heavy atom. The highest BCUT2D eigenvalue weighted by Crippen LogP contribution is 2.23. The van der Waals surface area contributed by atoms with Crippen LogP contribution in [0.15, 0.2) is 6.33 Å². The average molecular weight is 233 g/mol. The standard InChI is InChI=1S/C8H13ClN4O2/c1-8(15,3-14)2-11-7-5(9)6(10)12-4-13-7/h4,14-15H,2-3H2,1H3,(H3,10,11,12,13). The topological polar surface area (TPSA) is 104 Å². The van der Waals surface area contributed by atoms with Crippen LogP contribution in [0.25, 0.3) is 0 Å². The molecular weight excluding hydrogens is 220 g/mol. The summed E-state index contributed by atoms with van der Waals surface area (Å²) in [4.78, 5) is 7.54. The fraction of sp³-hybridized carbons (Fsp3) is 0.500. The summed E-state index contributed by atoms with van der Waals surface area (Å²) in [6, 6.07) is 0. The molecule has 1 atom stereocenters. The van der Waals surface area contributed by atoms with Gasteiger partial charge < -0.3 is 21.3 Å². The average Bonchev–Trinajstić information content (AvgIpc) is 2.20. The number of nitrogen functional groups attached to an aromatic ring is 1. The Hall–Kier alpha value is -1.11. The molecule has 6 nitrogen and oxygen atoms in total. The van der Waals surface area contributed by atoms with Gasteiger partial charge in [0.05, 0.1) is 6.61 Å². The molecule has 1 unspecified atom stereocenters. The van der Waals surface area contributed by atoms with E-state index in [4.69, 9.17) is 22.4 Å². The van der Waals surface area contributed by atoms with Crippen LogP contribution < -0.4 is 11.1 Å². The zero-order chi connectivity index (χ0) is 11.5. The van der Waals surface area contributed by atoms with E-state index < -0.39 is 5.60 Å². The lowest BCUT2D eigenvalue weighted by molar-refractivity contribution is 0.0132. The molecule has 0 saturated heterocycles. The number of rotatable bonds is 4. The van der Waals surface area contributed by atoms with Gasteiger partial charge in [-0.1, -0.05) is 11.6 Å². The minimum absolute atomic E-state index is 0.111. The van der Waals surface area contributed by atoms with E-state index in [-0.39, 0.29) is 24.0 Å². The number of halogens is 1. The number of nitrogens with zero attached hydrogens (tertiary/aromatic N) is 2. The second-order valence-corrected chi connectivity index (χ2v) is 3.81. The molecule has 1 aromatic heterocycles. The highest BCUT2D eigenvalue weighted by Gasteiger charge is 2.19. The molecule has 0 amide bonds. The molecule has 0 aromatic carbocycles. The van der Waals surface area contributed by atoms with Gasteiger partial charge in [-0.25, -0.2) is 9.97 Å². The van der Waals surface area contributed by atoms with Crippen LogP contribution in [0, 0.1) is 0 Å². The Bertz CT molecular complexity index is 345. The van der Waals surface area contributed by atoms with Crippen LogP contribution >= 0.6 is 11.6 Å². The molecule has 0 aliphatic heterocycles. The Labute approximate surface area is 92.1 Å². The lowest BCUT2D eigenvalue weighted by Gasteiger charge is -2.21. The van der Waals surface area contributed by atoms with Gasteiger partial charge in [-0.05, 0) is 6.92 Å². The summed E-state index contributed by atoms with van der Waals surface area (Å²) < 4.78 is 0. The van der Waals surface area contributed by atoms with E-state index in [1.54, 1.807) is 0 Å². The first-order valence-corrected chi connectivity index (χ1v) is 4.67. The summed E-state index contributed by atoms with van der Waals surface area (Å²) in [7, 11) is 0. The molecule has 0 radical (unpaired) electrons. The second-order valence-electron chi connectivity index (χ2n) is 3.43. The quantitative estimate of drug-likeness (QED) is 0.576. The number of anilines is 2. The van der Waals surface area contributed by atoms with E-state index in [1.807, 2.05) is 0 Å². The molecule has 84 valence electrons. The number of aromatic nitrogens is 2. The maximum absolute atomic E-state index is 9.51. The first kappa shape index (κ1) is 12.0. The van der Waals surface area contributed by atoms with Gasteiger partial charge in [-0.2, -0.15) is 0 Å². The maximum atomic E-state index is 9.51. The van der Waals surface area contributed by atoms with E-state index in [9.17, 15) is 5.11 Å². The van der Waals surface area contributed by atoms with Gasteiger partial charge in [0.1, 0.15) is 22.8 Å². The summed E-state index contributed by atoms with van der Waals surface area (Å²) in [6.07, 6.45) is 1.26. The maximum Gasteiger partial charge on any atom is 0.150 e. The van der Waals surface area contributed by atoms with Crippen LogP contribution in [-0.4, -0.2) is 38.9 Å². The highest BCUT2D eigenvalue weighted by molar-refractivity contribution is 6.35. The number of nitrogens with two attached hydrogens (primary N) is 1. The van der Waals surface area contributed by atoms with Gasteiger partial charge in [-0.3, -0.25) is 0 Å². The summed E-state index contributed by atoms with van der Waals surface area (Å²) in [5.74, 6) is 0.496. The van der Waals surface area contributed by atoms with E-state index in [0.717, 1.165) is 0 Å². The van der Waals surface area contributed by atoms with Crippen molar-refractivity contribution < 1.29 is 10.2 Å². The molecule has 0 spiro atoms. The number of hydrogen-bond donors (Lipinski definition) is 4. The molecule has 0 aliphatic carbocycles. The number of nitrogens with one attached hydrogen (secondary N) is 1. The van der Waals surface area contributed by atoms with Crippen molar-refractivity contribution in [1.29, 1.82) is 0 Å². The molecule has 1 aromatic rings. The van der Waals surface area contributed by atoms with Gasteiger partial charge in [0, 0.05) is 6.54 Å². The number of aliphatic hydroxyl groups is 2. The van der Waals surface area contributed by atoms with Crippen molar-refractivity contribution in [3.63, 3.8) is 0 Å². The lowest BCUT2D eigenvalue weighted by atomic mass is 10.1. The zero-order valence-electron chi connectivity index (χ0n) is 8.24. The van der Waals surface area contributed by atoms with Crippen LogP contribution in [0.5, 0.6) is 0 Å². The monoisotopic (exact) mass is 232 g/mol. The molecular formula is C8H13ClN4O2. The van der Waals surface area contributed by atoms with E-state index in [2.05, 4.69) is 15.3 Å². The normalized spacial score (nSPS) is 14.7. The third-order valence-corrected chi connectivity index (χ3v) is 2.17. The fourth-order valence-corrected chi connectivity index (χ4v) is 1.00. The Balaban J connectivity index is 2.70. The Morgan fingerprint density at radius 3 is 2.87 bits per heavy atom. The van der Waals surface area contributed by atoms with Crippen LogP contribution in [0.2, 0.25) is 5.02 Å². The molecule has 0 bridgehead atoms. The van der Waals surface area contributed by atoms with E-state index in [0.29, 0.717) is 5.82 Å². The molecule has 1 rings (SSSR count). The van der Waals surface area contributed by atoms with Crippen molar-refractivity contribution in [3.8, 4) is 0 Å². The molecule has 0 fully saturated rings. The van der Waals surface area contributed by atoms with Gasteiger partial charge in [0.25, 0.3) is 0 Å². The minimum atomic E-state index is -1.23. The van der Waals surface area contributed by atoms with E-state index in [1.165, 1.54) is 13.3 Å². The summed E-state index contributed by atoms with van der Waals surface area (Å²) >= 11 is 5.81. The Kier molecular flexibility index (Phi) is 3.67. The summed E-state index contributed by atoms with van der Waals surface area (Å²) in [5.41, 5.74) is 4.22. The van der Waals surface area contributed by atoms with Crippen LogP contribution in [0.4, 0.5) is 11.6 Å². The number of hydrogen-bond acceptors (Lipinski definition) is 6. The van der Waals surface area contributed by atoms with E-state index >= 15 is 0 Å². The number of aliphatic hydroxyl groups excluding tert-OH is 1. The molecule has 5 N–H and O–H groups in total. The van der Waals surface area contributed by atoms with Crippen molar-refractivity contribution in [2.45, 2.75) is 12.5 Å². The molecule has 0 aliphatic rings. The second kappa shape index (κ2) is 4.61. The zero-order valence-corrected chi connectivity index (χ0v) is 8.99. The minimum Gasteiger partial charge on any atom is -0.393 e. The van der Waals surface area contributed by atoms with Crippen LogP contribution in [-0.2, 0) is 0 Å². The molecule has 1 heterocycles. The van der Waals surface area contributed by atoms with Gasteiger partial charge >= 0.3 is 0 Å². The smallest absolute Gasteiger partial charge is 0.150 e. The van der Waals surface area contributed by atoms with Gasteiger partial charge in [0.2, 0.25) is 0 Å². The Morgan fingerprint density at radius 2 is 2.27 bits per heavy atom. The third-order valence-electron chi connectivity index (χ3n) is 1.79. The fourth-order valence-electron chi connectivity index (χ4n) is 0.837. The predicted molar refractivity (Wildman–Crippen MR) is 57.7 cm³/mol. The largest absolute Gasteiger partial charge is 0.393 e. The molecule has 7 heteroatoms. The van der Waals surface area contributed by atoms with Gasteiger partial charge in [0.15, 0.2) is 5.82 Å². The van der Waals surface area contributed by atoms with Crippen LogP contribution in [0.3, 0.4) is 0 Å². The SMILES string of the molecule is CC(O)(CO)CNc1ncnc(N)c1Cl. The molecule has 15 heavy (non-hydrogen) atoms. The molecule has 0 saturated carbocycles. The van der Waals surface area contributed by atoms with Crippen molar-refractivity contribution in [2.24, 2.45) is 0 Å². The van der Waals surface area contributed by atoms with Crippen molar-refractivity contribution >= 4 is 23.2 Å². The highest BCUT2D eigenvalue weighted by atomic mass is 35.5. The summed E-state index contributed by atoms with van der Waals surface area (Å²) in [5, 5.41) is 21.3. The predicted octanol–water partition coefficient (Wildman–Crippen LogP) is -0.133. The first-order chi connectivity index (χ1) is 6.96. The third kappa shape index (κ3) is 3.19.